The topological polar surface area (TPSA) is 20.2 Å². The van der Waals surface area contributed by atoms with Crippen molar-refractivity contribution in [2.75, 3.05) is 0 Å². The van der Waals surface area contributed by atoms with E-state index in [-0.39, 0.29) is 6.10 Å². The summed E-state index contributed by atoms with van der Waals surface area (Å²) in [5.74, 6) is 6.40. The minimum Gasteiger partial charge on any atom is -0.393 e. The number of hydrogen-bond donors (Lipinski definition) is 1. The maximum absolute atomic E-state index is 9.05. The van der Waals surface area contributed by atoms with E-state index in [2.05, 4.69) is 18.8 Å². The molecule has 0 rings (SSSR count). The summed E-state index contributed by atoms with van der Waals surface area (Å²) in [6.45, 7) is 4.09. The predicted molar refractivity (Wildman–Crippen MR) is 71.3 cm³/mol. The number of unbranched alkanes of at least 4 members (excludes halogenated alkanes) is 7. The summed E-state index contributed by atoms with van der Waals surface area (Å²) in [5.41, 5.74) is 0. The highest BCUT2D eigenvalue weighted by Gasteiger charge is 1.92. The summed E-state index contributed by atoms with van der Waals surface area (Å²) in [6, 6.07) is 0. The van der Waals surface area contributed by atoms with E-state index in [4.69, 9.17) is 5.11 Å². The molecule has 0 saturated heterocycles. The second-order valence-electron chi connectivity index (χ2n) is 4.61. The highest BCUT2D eigenvalue weighted by atomic mass is 16.3. The van der Waals surface area contributed by atoms with Crippen molar-refractivity contribution in [3.63, 3.8) is 0 Å². The number of rotatable bonds is 9. The second kappa shape index (κ2) is 12.6. The molecule has 0 aromatic rings. The van der Waals surface area contributed by atoms with Crippen molar-refractivity contribution in [1.82, 2.24) is 0 Å². The molecule has 0 amide bonds. The lowest BCUT2D eigenvalue weighted by atomic mass is 10.1. The molecule has 0 bridgehead atoms. The molecule has 0 saturated carbocycles. The Morgan fingerprint density at radius 1 is 0.875 bits per heavy atom. The summed E-state index contributed by atoms with van der Waals surface area (Å²) in [7, 11) is 0. The number of aliphatic hydroxyl groups is 1. The zero-order valence-corrected chi connectivity index (χ0v) is 11.1. The van der Waals surface area contributed by atoms with Crippen molar-refractivity contribution in [3.8, 4) is 11.8 Å². The maximum Gasteiger partial charge on any atom is 0.0512 e. The van der Waals surface area contributed by atoms with Crippen LogP contribution < -0.4 is 0 Å². The van der Waals surface area contributed by atoms with Gasteiger partial charge in [0.15, 0.2) is 0 Å². The van der Waals surface area contributed by atoms with Crippen molar-refractivity contribution >= 4 is 0 Å². The van der Waals surface area contributed by atoms with Gasteiger partial charge in [-0.1, -0.05) is 39.0 Å². The molecule has 1 nitrogen and oxygen atoms in total. The smallest absolute Gasteiger partial charge is 0.0512 e. The summed E-state index contributed by atoms with van der Waals surface area (Å²) in [5, 5.41) is 9.05. The Morgan fingerprint density at radius 2 is 1.44 bits per heavy atom. The second-order valence-corrected chi connectivity index (χ2v) is 4.61. The third kappa shape index (κ3) is 13.5. The predicted octanol–water partition coefficient (Wildman–Crippen LogP) is 4.29. The van der Waals surface area contributed by atoms with Crippen LogP contribution in [-0.2, 0) is 0 Å². The number of hydrogen-bond acceptors (Lipinski definition) is 1. The average Bonchev–Trinajstić information content (AvgIpc) is 2.25. The Bertz CT molecular complexity index is 185. The van der Waals surface area contributed by atoms with Crippen LogP contribution in [0.5, 0.6) is 0 Å². The lowest BCUT2D eigenvalue weighted by Crippen LogP contribution is -1.97. The van der Waals surface area contributed by atoms with Crippen molar-refractivity contribution < 1.29 is 5.11 Å². The van der Waals surface area contributed by atoms with Gasteiger partial charge >= 0.3 is 0 Å². The van der Waals surface area contributed by atoms with Crippen LogP contribution in [0, 0.1) is 11.8 Å². The zero-order chi connectivity index (χ0) is 12.1. The molecule has 0 radical (unpaired) electrons. The van der Waals surface area contributed by atoms with Gasteiger partial charge < -0.3 is 5.11 Å². The third-order valence-electron chi connectivity index (χ3n) is 2.70. The molecule has 0 fully saturated rings. The molecule has 0 heterocycles. The summed E-state index contributed by atoms with van der Waals surface area (Å²) in [6.07, 6.45) is 11.8. The minimum atomic E-state index is -0.166. The largest absolute Gasteiger partial charge is 0.393 e. The molecule has 0 aliphatic carbocycles. The van der Waals surface area contributed by atoms with Gasteiger partial charge in [-0.25, -0.2) is 0 Å². The minimum absolute atomic E-state index is 0.166. The first-order chi connectivity index (χ1) is 7.77. The van der Waals surface area contributed by atoms with Crippen LogP contribution in [0.1, 0.15) is 78.1 Å². The average molecular weight is 224 g/mol. The Morgan fingerprint density at radius 3 is 2.06 bits per heavy atom. The van der Waals surface area contributed by atoms with Crippen molar-refractivity contribution in [3.05, 3.63) is 0 Å². The highest BCUT2D eigenvalue weighted by molar-refractivity contribution is 4.98. The van der Waals surface area contributed by atoms with Crippen LogP contribution in [-0.4, -0.2) is 11.2 Å². The molecule has 0 aliphatic rings. The Hall–Kier alpha value is -0.480. The van der Waals surface area contributed by atoms with Gasteiger partial charge in [-0.2, -0.15) is 0 Å². The van der Waals surface area contributed by atoms with Crippen LogP contribution >= 0.6 is 0 Å². The van der Waals surface area contributed by atoms with E-state index in [1.807, 2.05) is 6.92 Å². The molecular weight excluding hydrogens is 196 g/mol. The van der Waals surface area contributed by atoms with Crippen LogP contribution in [0.25, 0.3) is 0 Å². The van der Waals surface area contributed by atoms with Gasteiger partial charge in [0.1, 0.15) is 0 Å². The monoisotopic (exact) mass is 224 g/mol. The molecule has 1 atom stereocenters. The van der Waals surface area contributed by atoms with Crippen LogP contribution in [0.15, 0.2) is 0 Å². The van der Waals surface area contributed by atoms with Crippen LogP contribution in [0.2, 0.25) is 0 Å². The van der Waals surface area contributed by atoms with Crippen molar-refractivity contribution in [1.29, 1.82) is 0 Å². The molecule has 0 spiro atoms. The van der Waals surface area contributed by atoms with Gasteiger partial charge in [0.2, 0.25) is 0 Å². The van der Waals surface area contributed by atoms with E-state index in [1.54, 1.807) is 0 Å². The molecule has 1 unspecified atom stereocenters. The van der Waals surface area contributed by atoms with E-state index < -0.39 is 0 Å². The molecular formula is C15H28O. The molecule has 0 aliphatic heterocycles. The van der Waals surface area contributed by atoms with Gasteiger partial charge in [0.05, 0.1) is 6.10 Å². The van der Waals surface area contributed by atoms with E-state index in [0.29, 0.717) is 0 Å². The third-order valence-corrected chi connectivity index (χ3v) is 2.70. The first-order valence-electron chi connectivity index (χ1n) is 6.91. The maximum atomic E-state index is 9.05. The van der Waals surface area contributed by atoms with Gasteiger partial charge in [-0.15, -0.1) is 11.8 Å². The standard InChI is InChI=1S/C15H28O/c1-3-4-5-6-7-8-9-10-11-12-13-14-15(2)16/h15-16H,3-9,12-14H2,1-2H3. The van der Waals surface area contributed by atoms with Crippen LogP contribution in [0.3, 0.4) is 0 Å². The normalized spacial score (nSPS) is 11.9. The van der Waals surface area contributed by atoms with Gasteiger partial charge in [-0.05, 0) is 26.2 Å². The molecule has 16 heavy (non-hydrogen) atoms. The SMILES string of the molecule is CCCCCCCCC#CCCCC(C)O. The number of aliphatic hydroxyl groups excluding tert-OH is 1. The molecule has 1 N–H and O–H groups in total. The lowest BCUT2D eigenvalue weighted by molar-refractivity contribution is 0.182. The van der Waals surface area contributed by atoms with Gasteiger partial charge in [0, 0.05) is 12.8 Å². The molecule has 0 aromatic heterocycles. The molecule has 0 aromatic carbocycles. The fourth-order valence-electron chi connectivity index (χ4n) is 1.66. The first kappa shape index (κ1) is 15.5. The quantitative estimate of drug-likeness (QED) is 0.457. The Labute approximate surface area is 102 Å². The fourth-order valence-corrected chi connectivity index (χ4v) is 1.66. The van der Waals surface area contributed by atoms with E-state index in [9.17, 15) is 0 Å². The van der Waals surface area contributed by atoms with Crippen LogP contribution in [0.4, 0.5) is 0 Å². The van der Waals surface area contributed by atoms with Gasteiger partial charge in [-0.3, -0.25) is 0 Å². The summed E-state index contributed by atoms with van der Waals surface area (Å²) in [4.78, 5) is 0. The van der Waals surface area contributed by atoms with Gasteiger partial charge in [0.25, 0.3) is 0 Å². The van der Waals surface area contributed by atoms with E-state index in [0.717, 1.165) is 25.7 Å². The molecule has 1 heteroatoms. The van der Waals surface area contributed by atoms with E-state index >= 15 is 0 Å². The van der Waals surface area contributed by atoms with Crippen molar-refractivity contribution in [2.24, 2.45) is 0 Å². The highest BCUT2D eigenvalue weighted by Crippen LogP contribution is 2.06. The fraction of sp³-hybridized carbons (Fsp3) is 0.867. The Kier molecular flexibility index (Phi) is 12.2. The molecule has 94 valence electrons. The lowest BCUT2D eigenvalue weighted by Gasteiger charge is -1.99. The zero-order valence-electron chi connectivity index (χ0n) is 11.1. The van der Waals surface area contributed by atoms with E-state index in [1.165, 1.54) is 38.5 Å². The first-order valence-corrected chi connectivity index (χ1v) is 6.91. The Balaban J connectivity index is 3.09. The summed E-state index contributed by atoms with van der Waals surface area (Å²) < 4.78 is 0. The summed E-state index contributed by atoms with van der Waals surface area (Å²) >= 11 is 0. The van der Waals surface area contributed by atoms with Crippen molar-refractivity contribution in [2.45, 2.75) is 84.2 Å².